The van der Waals surface area contributed by atoms with E-state index in [9.17, 15) is 14.7 Å². The third-order valence-electron chi connectivity index (χ3n) is 4.82. The fourth-order valence-corrected chi connectivity index (χ4v) is 3.40. The monoisotopic (exact) mass is 323 g/mol. The Morgan fingerprint density at radius 2 is 1.75 bits per heavy atom. The van der Waals surface area contributed by atoms with Crippen LogP contribution >= 0.6 is 0 Å². The van der Waals surface area contributed by atoms with Gasteiger partial charge >= 0.3 is 5.97 Å². The Bertz CT molecular complexity index is 777. The third-order valence-corrected chi connectivity index (χ3v) is 4.82. The number of rotatable bonds is 3. The van der Waals surface area contributed by atoms with Crippen molar-refractivity contribution in [1.82, 2.24) is 4.90 Å². The number of nitrogens with zero attached hydrogens (tertiary/aromatic N) is 1. The maximum Gasteiger partial charge on any atom is 0.312 e. The SMILES string of the molecule is Cc1cccc(C)c1CC(=O)N1Cc2ccccc2C(C(=O)O)C1. The van der Waals surface area contributed by atoms with Crippen molar-refractivity contribution in [2.24, 2.45) is 0 Å². The number of amides is 1. The van der Waals surface area contributed by atoms with Gasteiger partial charge in [0.05, 0.1) is 12.3 Å². The molecule has 0 saturated heterocycles. The van der Waals surface area contributed by atoms with E-state index in [2.05, 4.69) is 0 Å². The van der Waals surface area contributed by atoms with Crippen LogP contribution in [0.4, 0.5) is 0 Å². The van der Waals surface area contributed by atoms with Crippen LogP contribution in [0.3, 0.4) is 0 Å². The lowest BCUT2D eigenvalue weighted by molar-refractivity contribution is -0.141. The molecule has 1 atom stereocenters. The van der Waals surface area contributed by atoms with Gasteiger partial charge in [0, 0.05) is 13.1 Å². The van der Waals surface area contributed by atoms with Gasteiger partial charge < -0.3 is 10.0 Å². The minimum Gasteiger partial charge on any atom is -0.481 e. The zero-order valence-electron chi connectivity index (χ0n) is 14.0. The Morgan fingerprint density at radius 1 is 1.08 bits per heavy atom. The summed E-state index contributed by atoms with van der Waals surface area (Å²) < 4.78 is 0. The number of fused-ring (bicyclic) bond motifs is 1. The third kappa shape index (κ3) is 3.04. The molecule has 0 aromatic heterocycles. The van der Waals surface area contributed by atoms with Gasteiger partial charge in [-0.1, -0.05) is 42.5 Å². The lowest BCUT2D eigenvalue weighted by atomic mass is 9.89. The zero-order valence-corrected chi connectivity index (χ0v) is 14.0. The summed E-state index contributed by atoms with van der Waals surface area (Å²) in [6.45, 7) is 4.71. The Balaban J connectivity index is 1.85. The first-order chi connectivity index (χ1) is 11.5. The van der Waals surface area contributed by atoms with Gasteiger partial charge in [0.15, 0.2) is 0 Å². The number of carboxylic acids is 1. The van der Waals surface area contributed by atoms with Crippen LogP contribution in [0.2, 0.25) is 0 Å². The Labute approximate surface area is 141 Å². The highest BCUT2D eigenvalue weighted by molar-refractivity contribution is 5.83. The van der Waals surface area contributed by atoms with E-state index in [-0.39, 0.29) is 12.5 Å². The second-order valence-corrected chi connectivity index (χ2v) is 6.41. The number of carboxylic acid groups (broad SMARTS) is 1. The van der Waals surface area contributed by atoms with Crippen molar-refractivity contribution in [3.05, 3.63) is 70.3 Å². The maximum atomic E-state index is 12.8. The van der Waals surface area contributed by atoms with Crippen LogP contribution in [-0.4, -0.2) is 28.4 Å². The molecule has 2 aromatic rings. The van der Waals surface area contributed by atoms with Gasteiger partial charge in [0.25, 0.3) is 0 Å². The smallest absolute Gasteiger partial charge is 0.312 e. The van der Waals surface area contributed by atoms with Gasteiger partial charge in [0.2, 0.25) is 5.91 Å². The van der Waals surface area contributed by atoms with Crippen molar-refractivity contribution >= 4 is 11.9 Å². The topological polar surface area (TPSA) is 57.6 Å². The Kier molecular flexibility index (Phi) is 4.38. The van der Waals surface area contributed by atoms with Gasteiger partial charge in [-0.15, -0.1) is 0 Å². The van der Waals surface area contributed by atoms with E-state index in [1.54, 1.807) is 4.90 Å². The lowest BCUT2D eigenvalue weighted by Crippen LogP contribution is -2.41. The first kappa shape index (κ1) is 16.2. The van der Waals surface area contributed by atoms with Crippen molar-refractivity contribution < 1.29 is 14.7 Å². The second kappa shape index (κ2) is 6.48. The molecule has 0 bridgehead atoms. The summed E-state index contributed by atoms with van der Waals surface area (Å²) in [5.41, 5.74) is 4.96. The summed E-state index contributed by atoms with van der Waals surface area (Å²) in [7, 11) is 0. The number of carbonyl (C=O) groups excluding carboxylic acids is 1. The van der Waals surface area contributed by atoms with E-state index in [1.165, 1.54) is 0 Å². The van der Waals surface area contributed by atoms with Gasteiger partial charge in [-0.05, 0) is 41.7 Å². The van der Waals surface area contributed by atoms with Crippen LogP contribution in [0.25, 0.3) is 0 Å². The molecule has 1 N–H and O–H groups in total. The Morgan fingerprint density at radius 3 is 2.42 bits per heavy atom. The fraction of sp³-hybridized carbons (Fsp3) is 0.300. The van der Waals surface area contributed by atoms with Crippen LogP contribution in [-0.2, 0) is 22.6 Å². The van der Waals surface area contributed by atoms with E-state index in [0.717, 1.165) is 27.8 Å². The summed E-state index contributed by atoms with van der Waals surface area (Å²) in [5.74, 6) is -1.56. The highest BCUT2D eigenvalue weighted by atomic mass is 16.4. The minimum atomic E-state index is -0.882. The second-order valence-electron chi connectivity index (χ2n) is 6.41. The van der Waals surface area contributed by atoms with Crippen molar-refractivity contribution in [2.45, 2.75) is 32.7 Å². The van der Waals surface area contributed by atoms with Crippen molar-refractivity contribution in [3.63, 3.8) is 0 Å². The molecule has 0 radical (unpaired) electrons. The summed E-state index contributed by atoms with van der Waals surface area (Å²) in [4.78, 5) is 26.1. The Hall–Kier alpha value is -2.62. The van der Waals surface area contributed by atoms with Crippen molar-refractivity contribution in [1.29, 1.82) is 0 Å². The molecular weight excluding hydrogens is 302 g/mol. The summed E-state index contributed by atoms with van der Waals surface area (Å²) in [5, 5.41) is 9.52. The molecule has 4 heteroatoms. The number of hydrogen-bond acceptors (Lipinski definition) is 2. The fourth-order valence-electron chi connectivity index (χ4n) is 3.40. The molecule has 2 aromatic carbocycles. The predicted octanol–water partition coefficient (Wildman–Crippen LogP) is 3.06. The minimum absolute atomic E-state index is 0.0202. The normalized spacial score (nSPS) is 16.6. The standard InChI is InChI=1S/C20H21NO3/c1-13-6-5-7-14(2)17(13)10-19(22)21-11-15-8-3-4-9-16(15)18(12-21)20(23)24/h3-9,18H,10-12H2,1-2H3,(H,23,24). The zero-order chi connectivity index (χ0) is 17.3. The maximum absolute atomic E-state index is 12.8. The van der Waals surface area contributed by atoms with Gasteiger partial charge in [0.1, 0.15) is 0 Å². The van der Waals surface area contributed by atoms with E-state index < -0.39 is 11.9 Å². The molecule has 0 spiro atoms. The van der Waals surface area contributed by atoms with Crippen LogP contribution in [0, 0.1) is 13.8 Å². The van der Waals surface area contributed by atoms with Crippen molar-refractivity contribution in [2.75, 3.05) is 6.54 Å². The van der Waals surface area contributed by atoms with Crippen molar-refractivity contribution in [3.8, 4) is 0 Å². The number of hydrogen-bond donors (Lipinski definition) is 1. The molecule has 24 heavy (non-hydrogen) atoms. The van der Waals surface area contributed by atoms with Crippen LogP contribution in [0.15, 0.2) is 42.5 Å². The first-order valence-electron chi connectivity index (χ1n) is 8.11. The molecule has 1 aliphatic rings. The molecule has 3 rings (SSSR count). The molecular formula is C20H21NO3. The van der Waals surface area contributed by atoms with Crippen LogP contribution in [0.1, 0.15) is 33.7 Å². The molecule has 0 saturated carbocycles. The van der Waals surface area contributed by atoms with Gasteiger partial charge in [-0.2, -0.15) is 0 Å². The molecule has 0 fully saturated rings. The largest absolute Gasteiger partial charge is 0.481 e. The van der Waals surface area contributed by atoms with E-state index in [4.69, 9.17) is 0 Å². The summed E-state index contributed by atoms with van der Waals surface area (Å²) in [6.07, 6.45) is 0.313. The lowest BCUT2D eigenvalue weighted by Gasteiger charge is -2.33. The van der Waals surface area contributed by atoms with Gasteiger partial charge in [-0.3, -0.25) is 9.59 Å². The first-order valence-corrected chi connectivity index (χ1v) is 8.11. The molecule has 0 aliphatic carbocycles. The molecule has 4 nitrogen and oxygen atoms in total. The van der Waals surface area contributed by atoms with Crippen LogP contribution < -0.4 is 0 Å². The highest BCUT2D eigenvalue weighted by Gasteiger charge is 2.32. The number of aliphatic carboxylic acids is 1. The summed E-state index contributed by atoms with van der Waals surface area (Å²) in [6, 6.07) is 13.5. The number of aryl methyl sites for hydroxylation is 2. The molecule has 1 aliphatic heterocycles. The average Bonchev–Trinajstić information content (AvgIpc) is 2.57. The average molecular weight is 323 g/mol. The summed E-state index contributed by atoms with van der Waals surface area (Å²) >= 11 is 0. The number of carbonyl (C=O) groups is 2. The molecule has 1 unspecified atom stereocenters. The quantitative estimate of drug-likeness (QED) is 0.944. The van der Waals surface area contributed by atoms with E-state index in [0.29, 0.717) is 13.0 Å². The predicted molar refractivity (Wildman–Crippen MR) is 91.9 cm³/mol. The molecule has 1 amide bonds. The van der Waals surface area contributed by atoms with E-state index >= 15 is 0 Å². The van der Waals surface area contributed by atoms with Gasteiger partial charge in [-0.25, -0.2) is 0 Å². The molecule has 1 heterocycles. The van der Waals surface area contributed by atoms with E-state index in [1.807, 2.05) is 56.3 Å². The molecule has 124 valence electrons. The highest BCUT2D eigenvalue weighted by Crippen LogP contribution is 2.29. The number of benzene rings is 2. The van der Waals surface area contributed by atoms with Crippen LogP contribution in [0.5, 0.6) is 0 Å².